The monoisotopic (exact) mass is 297 g/mol. The van der Waals surface area contributed by atoms with Crippen molar-refractivity contribution in [2.45, 2.75) is 26.9 Å². The first-order valence-corrected chi connectivity index (χ1v) is 7.96. The summed E-state index contributed by atoms with van der Waals surface area (Å²) >= 11 is 0. The molecule has 0 spiro atoms. The van der Waals surface area contributed by atoms with Crippen LogP contribution in [0.4, 0.5) is 0 Å². The molecule has 1 atom stereocenters. The van der Waals surface area contributed by atoms with Crippen molar-refractivity contribution in [1.29, 1.82) is 5.26 Å². The van der Waals surface area contributed by atoms with Crippen LogP contribution in [-0.4, -0.2) is 40.6 Å². The van der Waals surface area contributed by atoms with Gasteiger partial charge in [0.05, 0.1) is 29.6 Å². The molecule has 0 saturated carbocycles. The fourth-order valence-corrected chi connectivity index (χ4v) is 3.00. The SMILES string of the molecule is Cc1ccc2c(c1)nc(CN1CCNCC1)n2CC(C)C#N. The van der Waals surface area contributed by atoms with E-state index in [0.29, 0.717) is 6.54 Å². The summed E-state index contributed by atoms with van der Waals surface area (Å²) in [6, 6.07) is 8.71. The zero-order valence-electron chi connectivity index (χ0n) is 13.3. The lowest BCUT2D eigenvalue weighted by Gasteiger charge is -2.27. The van der Waals surface area contributed by atoms with Crippen LogP contribution in [-0.2, 0) is 13.1 Å². The van der Waals surface area contributed by atoms with Crippen molar-refractivity contribution >= 4 is 11.0 Å². The molecule has 1 saturated heterocycles. The lowest BCUT2D eigenvalue weighted by molar-refractivity contribution is 0.225. The summed E-state index contributed by atoms with van der Waals surface area (Å²) in [6.45, 7) is 9.79. The highest BCUT2D eigenvalue weighted by molar-refractivity contribution is 5.76. The largest absolute Gasteiger partial charge is 0.326 e. The molecule has 0 bridgehead atoms. The van der Waals surface area contributed by atoms with E-state index in [4.69, 9.17) is 10.2 Å². The summed E-state index contributed by atoms with van der Waals surface area (Å²) in [5.41, 5.74) is 3.40. The number of benzene rings is 1. The van der Waals surface area contributed by atoms with Gasteiger partial charge in [-0.15, -0.1) is 0 Å². The minimum Gasteiger partial charge on any atom is -0.326 e. The van der Waals surface area contributed by atoms with Crippen LogP contribution in [0.15, 0.2) is 18.2 Å². The zero-order valence-corrected chi connectivity index (χ0v) is 13.3. The smallest absolute Gasteiger partial charge is 0.124 e. The average molecular weight is 297 g/mol. The Hall–Kier alpha value is -1.90. The fourth-order valence-electron chi connectivity index (χ4n) is 3.00. The quantitative estimate of drug-likeness (QED) is 0.936. The number of hydrogen-bond donors (Lipinski definition) is 1. The van der Waals surface area contributed by atoms with E-state index in [9.17, 15) is 0 Å². The number of piperazine rings is 1. The first kappa shape index (κ1) is 15.0. The van der Waals surface area contributed by atoms with E-state index in [1.54, 1.807) is 0 Å². The Kier molecular flexibility index (Phi) is 4.41. The third-order valence-electron chi connectivity index (χ3n) is 4.23. The number of imidazole rings is 1. The number of hydrogen-bond acceptors (Lipinski definition) is 4. The molecular weight excluding hydrogens is 274 g/mol. The van der Waals surface area contributed by atoms with E-state index in [2.05, 4.69) is 46.0 Å². The Morgan fingerprint density at radius 2 is 2.14 bits per heavy atom. The van der Waals surface area contributed by atoms with Crippen LogP contribution in [0.1, 0.15) is 18.3 Å². The molecule has 1 fully saturated rings. The summed E-state index contributed by atoms with van der Waals surface area (Å²) in [5.74, 6) is 1.06. The lowest BCUT2D eigenvalue weighted by Crippen LogP contribution is -2.43. The van der Waals surface area contributed by atoms with Gasteiger partial charge in [-0.05, 0) is 31.5 Å². The molecule has 1 aromatic heterocycles. The first-order chi connectivity index (χ1) is 10.7. The Bertz CT molecular complexity index is 691. The highest BCUT2D eigenvalue weighted by Gasteiger charge is 2.17. The second kappa shape index (κ2) is 6.47. The first-order valence-electron chi connectivity index (χ1n) is 7.96. The van der Waals surface area contributed by atoms with Crippen molar-refractivity contribution in [3.05, 3.63) is 29.6 Å². The highest BCUT2D eigenvalue weighted by Crippen LogP contribution is 2.20. The minimum absolute atomic E-state index is 0.0134. The summed E-state index contributed by atoms with van der Waals surface area (Å²) < 4.78 is 2.23. The number of aromatic nitrogens is 2. The van der Waals surface area contributed by atoms with Crippen molar-refractivity contribution in [2.75, 3.05) is 26.2 Å². The van der Waals surface area contributed by atoms with E-state index in [-0.39, 0.29) is 5.92 Å². The standard InChI is InChI=1S/C17H23N5/c1-13-3-4-16-15(9-13)20-17(22(16)11-14(2)10-18)12-21-7-5-19-6-8-21/h3-4,9,14,19H,5-8,11-12H2,1-2H3. The van der Waals surface area contributed by atoms with Crippen LogP contribution in [0.25, 0.3) is 11.0 Å². The molecule has 0 radical (unpaired) electrons. The molecule has 1 aliphatic rings. The van der Waals surface area contributed by atoms with Crippen molar-refractivity contribution < 1.29 is 0 Å². The summed E-state index contributed by atoms with van der Waals surface area (Å²) in [7, 11) is 0. The third-order valence-corrected chi connectivity index (χ3v) is 4.23. The predicted octanol–water partition coefficient (Wildman–Crippen LogP) is 1.91. The van der Waals surface area contributed by atoms with Gasteiger partial charge in [-0.3, -0.25) is 4.90 Å². The van der Waals surface area contributed by atoms with Gasteiger partial charge in [0.15, 0.2) is 0 Å². The predicted molar refractivity (Wildman–Crippen MR) is 87.4 cm³/mol. The Labute approximate surface area is 131 Å². The van der Waals surface area contributed by atoms with Crippen LogP contribution in [0.2, 0.25) is 0 Å². The van der Waals surface area contributed by atoms with Crippen LogP contribution >= 0.6 is 0 Å². The van der Waals surface area contributed by atoms with Gasteiger partial charge in [-0.1, -0.05) is 6.07 Å². The van der Waals surface area contributed by atoms with E-state index >= 15 is 0 Å². The summed E-state index contributed by atoms with van der Waals surface area (Å²) in [6.07, 6.45) is 0. The molecule has 0 aliphatic carbocycles. The fraction of sp³-hybridized carbons (Fsp3) is 0.529. The molecule has 116 valence electrons. The molecule has 1 N–H and O–H groups in total. The molecule has 0 amide bonds. The average Bonchev–Trinajstić information content (AvgIpc) is 2.84. The van der Waals surface area contributed by atoms with Crippen LogP contribution < -0.4 is 5.32 Å². The minimum atomic E-state index is -0.0134. The number of aryl methyl sites for hydroxylation is 1. The topological polar surface area (TPSA) is 56.9 Å². The Morgan fingerprint density at radius 3 is 2.86 bits per heavy atom. The van der Waals surface area contributed by atoms with Crippen LogP contribution in [0.5, 0.6) is 0 Å². The highest BCUT2D eigenvalue weighted by atomic mass is 15.2. The van der Waals surface area contributed by atoms with E-state index in [1.165, 1.54) is 5.56 Å². The molecule has 1 unspecified atom stereocenters. The summed E-state index contributed by atoms with van der Waals surface area (Å²) in [5, 5.41) is 12.5. The van der Waals surface area contributed by atoms with Crippen molar-refractivity contribution in [2.24, 2.45) is 5.92 Å². The number of nitriles is 1. The van der Waals surface area contributed by atoms with Gasteiger partial charge in [0.1, 0.15) is 5.82 Å². The van der Waals surface area contributed by atoms with E-state index in [1.807, 2.05) is 6.92 Å². The number of nitrogens with one attached hydrogen (secondary N) is 1. The normalized spacial score (nSPS) is 17.5. The van der Waals surface area contributed by atoms with Gasteiger partial charge in [0.2, 0.25) is 0 Å². The van der Waals surface area contributed by atoms with Crippen molar-refractivity contribution in [3.8, 4) is 6.07 Å². The molecule has 1 aliphatic heterocycles. The van der Waals surface area contributed by atoms with Gasteiger partial charge >= 0.3 is 0 Å². The van der Waals surface area contributed by atoms with Gasteiger partial charge in [-0.25, -0.2) is 4.98 Å². The second-order valence-corrected chi connectivity index (χ2v) is 6.19. The number of fused-ring (bicyclic) bond motifs is 1. The van der Waals surface area contributed by atoms with Crippen molar-refractivity contribution in [3.63, 3.8) is 0 Å². The molecular formula is C17H23N5. The third kappa shape index (κ3) is 3.13. The number of rotatable bonds is 4. The maximum Gasteiger partial charge on any atom is 0.124 e. The lowest BCUT2D eigenvalue weighted by atomic mass is 10.2. The molecule has 3 rings (SSSR count). The van der Waals surface area contributed by atoms with E-state index in [0.717, 1.165) is 49.6 Å². The van der Waals surface area contributed by atoms with Crippen LogP contribution in [0.3, 0.4) is 0 Å². The second-order valence-electron chi connectivity index (χ2n) is 6.19. The Morgan fingerprint density at radius 1 is 1.36 bits per heavy atom. The molecule has 22 heavy (non-hydrogen) atoms. The molecule has 2 aromatic rings. The van der Waals surface area contributed by atoms with Gasteiger partial charge in [0.25, 0.3) is 0 Å². The van der Waals surface area contributed by atoms with Crippen molar-refractivity contribution in [1.82, 2.24) is 19.8 Å². The van der Waals surface area contributed by atoms with Gasteiger partial charge in [-0.2, -0.15) is 5.26 Å². The van der Waals surface area contributed by atoms with Gasteiger partial charge < -0.3 is 9.88 Å². The summed E-state index contributed by atoms with van der Waals surface area (Å²) in [4.78, 5) is 7.28. The molecule has 5 nitrogen and oxygen atoms in total. The van der Waals surface area contributed by atoms with E-state index < -0.39 is 0 Å². The Balaban J connectivity index is 1.95. The number of nitrogens with zero attached hydrogens (tertiary/aromatic N) is 4. The van der Waals surface area contributed by atoms with Gasteiger partial charge in [0, 0.05) is 32.7 Å². The maximum absolute atomic E-state index is 9.16. The molecule has 5 heteroatoms. The maximum atomic E-state index is 9.16. The molecule has 1 aromatic carbocycles. The zero-order chi connectivity index (χ0) is 15.5. The van der Waals surface area contributed by atoms with Crippen LogP contribution in [0, 0.1) is 24.2 Å². The molecule has 2 heterocycles.